The van der Waals surface area contributed by atoms with Crippen molar-refractivity contribution in [2.45, 2.75) is 44.6 Å². The maximum Gasteiger partial charge on any atom is 0.240 e. The maximum atomic E-state index is 12.3. The number of ether oxygens (including phenoxy) is 1. The van der Waals surface area contributed by atoms with E-state index in [0.29, 0.717) is 11.4 Å². The van der Waals surface area contributed by atoms with E-state index in [0.717, 1.165) is 12.8 Å². The molecule has 0 bridgehead atoms. The van der Waals surface area contributed by atoms with Gasteiger partial charge in [-0.25, -0.2) is 13.1 Å². The Labute approximate surface area is 125 Å². The van der Waals surface area contributed by atoms with Crippen molar-refractivity contribution in [1.82, 2.24) is 4.72 Å². The van der Waals surface area contributed by atoms with E-state index in [1.807, 2.05) is 13.8 Å². The lowest BCUT2D eigenvalue weighted by Gasteiger charge is -2.15. The molecule has 0 aliphatic heterocycles. The Morgan fingerprint density at radius 2 is 2.05 bits per heavy atom. The van der Waals surface area contributed by atoms with Gasteiger partial charge in [-0.2, -0.15) is 0 Å². The SMILES string of the molecule is CCC[C@H](C)NS(=O)(=O)c1ccc(OC)c(NC(C)=O)c1. The minimum Gasteiger partial charge on any atom is -0.495 e. The molecular formula is C14H22N2O4S. The molecule has 1 atom stereocenters. The highest BCUT2D eigenvalue weighted by atomic mass is 32.2. The molecule has 118 valence electrons. The van der Waals surface area contributed by atoms with Crippen LogP contribution < -0.4 is 14.8 Å². The van der Waals surface area contributed by atoms with Crippen molar-refractivity contribution in [2.75, 3.05) is 12.4 Å². The molecule has 1 rings (SSSR count). The zero-order valence-corrected chi connectivity index (χ0v) is 13.6. The van der Waals surface area contributed by atoms with Crippen LogP contribution in [0, 0.1) is 0 Å². The first-order valence-electron chi connectivity index (χ1n) is 6.78. The van der Waals surface area contributed by atoms with Gasteiger partial charge in [-0.1, -0.05) is 13.3 Å². The molecule has 0 fully saturated rings. The molecule has 1 aromatic rings. The fraction of sp³-hybridized carbons (Fsp3) is 0.500. The number of hydrogen-bond acceptors (Lipinski definition) is 4. The van der Waals surface area contributed by atoms with Crippen LogP contribution in [0.25, 0.3) is 0 Å². The molecule has 1 aromatic carbocycles. The predicted molar refractivity (Wildman–Crippen MR) is 82.0 cm³/mol. The van der Waals surface area contributed by atoms with Crippen LogP contribution in [0.15, 0.2) is 23.1 Å². The van der Waals surface area contributed by atoms with Gasteiger partial charge in [-0.05, 0) is 31.5 Å². The number of anilines is 1. The van der Waals surface area contributed by atoms with Crippen molar-refractivity contribution in [2.24, 2.45) is 0 Å². The third-order valence-corrected chi connectivity index (χ3v) is 4.46. The molecular weight excluding hydrogens is 292 g/mol. The summed E-state index contributed by atoms with van der Waals surface area (Å²) in [5, 5.41) is 2.56. The molecule has 0 saturated heterocycles. The van der Waals surface area contributed by atoms with Crippen molar-refractivity contribution in [3.05, 3.63) is 18.2 Å². The Kier molecular flexibility index (Phi) is 6.17. The summed E-state index contributed by atoms with van der Waals surface area (Å²) in [5.74, 6) is 0.112. The number of carbonyl (C=O) groups is 1. The molecule has 0 aliphatic carbocycles. The summed E-state index contributed by atoms with van der Waals surface area (Å²) in [5.41, 5.74) is 0.330. The molecule has 7 heteroatoms. The number of nitrogens with one attached hydrogen (secondary N) is 2. The molecule has 0 saturated carbocycles. The molecule has 1 amide bonds. The topological polar surface area (TPSA) is 84.5 Å². The van der Waals surface area contributed by atoms with E-state index in [2.05, 4.69) is 10.0 Å². The number of rotatable bonds is 7. The van der Waals surface area contributed by atoms with E-state index in [4.69, 9.17) is 4.74 Å². The highest BCUT2D eigenvalue weighted by Gasteiger charge is 2.19. The Hall–Kier alpha value is -1.60. The zero-order chi connectivity index (χ0) is 16.0. The molecule has 0 heterocycles. The normalized spacial score (nSPS) is 12.8. The molecule has 6 nitrogen and oxygen atoms in total. The largest absolute Gasteiger partial charge is 0.495 e. The Morgan fingerprint density at radius 1 is 1.38 bits per heavy atom. The molecule has 2 N–H and O–H groups in total. The summed E-state index contributed by atoms with van der Waals surface area (Å²) in [6.45, 7) is 5.16. The van der Waals surface area contributed by atoms with E-state index in [1.54, 1.807) is 0 Å². The van der Waals surface area contributed by atoms with Crippen LogP contribution in [-0.4, -0.2) is 27.5 Å². The lowest BCUT2D eigenvalue weighted by molar-refractivity contribution is -0.114. The first kappa shape index (κ1) is 17.5. The lowest BCUT2D eigenvalue weighted by atomic mass is 10.2. The minimum absolute atomic E-state index is 0.0926. The van der Waals surface area contributed by atoms with Gasteiger partial charge >= 0.3 is 0 Å². The number of sulfonamides is 1. The van der Waals surface area contributed by atoms with Gasteiger partial charge in [0.25, 0.3) is 0 Å². The second-order valence-electron chi connectivity index (χ2n) is 4.85. The monoisotopic (exact) mass is 314 g/mol. The average Bonchev–Trinajstić information content (AvgIpc) is 2.37. The zero-order valence-electron chi connectivity index (χ0n) is 12.8. The number of hydrogen-bond donors (Lipinski definition) is 2. The van der Waals surface area contributed by atoms with Gasteiger partial charge in [0.05, 0.1) is 17.7 Å². The first-order valence-corrected chi connectivity index (χ1v) is 8.26. The Bertz CT molecular complexity index is 599. The van der Waals surface area contributed by atoms with Gasteiger partial charge in [0.2, 0.25) is 15.9 Å². The van der Waals surface area contributed by atoms with Crippen LogP contribution in [0.2, 0.25) is 0 Å². The van der Waals surface area contributed by atoms with Gasteiger partial charge < -0.3 is 10.1 Å². The number of amides is 1. The fourth-order valence-corrected chi connectivity index (χ4v) is 3.27. The number of methoxy groups -OCH3 is 1. The predicted octanol–water partition coefficient (Wildman–Crippen LogP) is 2.12. The van der Waals surface area contributed by atoms with Crippen molar-refractivity contribution >= 4 is 21.6 Å². The molecule has 0 radical (unpaired) electrons. The summed E-state index contributed by atoms with van der Waals surface area (Å²) < 4.78 is 32.3. The summed E-state index contributed by atoms with van der Waals surface area (Å²) >= 11 is 0. The standard InChI is InChI=1S/C14H22N2O4S/c1-5-6-10(2)16-21(18,19)12-7-8-14(20-4)13(9-12)15-11(3)17/h7-10,16H,5-6H2,1-4H3,(H,15,17)/t10-/m0/s1. The first-order chi connectivity index (χ1) is 9.80. The third-order valence-electron chi connectivity index (χ3n) is 2.87. The van der Waals surface area contributed by atoms with Gasteiger partial charge in [0.15, 0.2) is 0 Å². The van der Waals surface area contributed by atoms with E-state index in [9.17, 15) is 13.2 Å². The summed E-state index contributed by atoms with van der Waals surface area (Å²) in [6, 6.07) is 4.21. The van der Waals surface area contributed by atoms with Gasteiger partial charge in [0.1, 0.15) is 5.75 Å². The van der Waals surface area contributed by atoms with E-state index in [1.165, 1.54) is 32.2 Å². The number of benzene rings is 1. The van der Waals surface area contributed by atoms with Crippen LogP contribution in [0.1, 0.15) is 33.6 Å². The molecule has 0 unspecified atom stereocenters. The van der Waals surface area contributed by atoms with Gasteiger partial charge in [-0.3, -0.25) is 4.79 Å². The highest BCUT2D eigenvalue weighted by Crippen LogP contribution is 2.27. The van der Waals surface area contributed by atoms with E-state index >= 15 is 0 Å². The smallest absolute Gasteiger partial charge is 0.240 e. The van der Waals surface area contributed by atoms with Crippen molar-refractivity contribution in [1.29, 1.82) is 0 Å². The fourth-order valence-electron chi connectivity index (χ4n) is 1.97. The molecule has 0 spiro atoms. The van der Waals surface area contributed by atoms with E-state index in [-0.39, 0.29) is 16.8 Å². The Balaban J connectivity index is 3.09. The van der Waals surface area contributed by atoms with Crippen LogP contribution >= 0.6 is 0 Å². The molecule has 21 heavy (non-hydrogen) atoms. The lowest BCUT2D eigenvalue weighted by Crippen LogP contribution is -2.32. The minimum atomic E-state index is -3.62. The van der Waals surface area contributed by atoms with Crippen LogP contribution in [0.5, 0.6) is 5.75 Å². The third kappa shape index (κ3) is 5.02. The average molecular weight is 314 g/mol. The van der Waals surface area contributed by atoms with Crippen LogP contribution in [0.4, 0.5) is 5.69 Å². The second kappa shape index (κ2) is 7.42. The molecule has 0 aromatic heterocycles. The Morgan fingerprint density at radius 3 is 2.57 bits per heavy atom. The highest BCUT2D eigenvalue weighted by molar-refractivity contribution is 7.89. The van der Waals surface area contributed by atoms with Crippen molar-refractivity contribution < 1.29 is 17.9 Å². The number of carbonyl (C=O) groups excluding carboxylic acids is 1. The summed E-state index contributed by atoms with van der Waals surface area (Å²) in [4.78, 5) is 11.3. The van der Waals surface area contributed by atoms with Crippen molar-refractivity contribution in [3.63, 3.8) is 0 Å². The quantitative estimate of drug-likeness (QED) is 0.807. The van der Waals surface area contributed by atoms with Gasteiger partial charge in [0, 0.05) is 13.0 Å². The van der Waals surface area contributed by atoms with Gasteiger partial charge in [-0.15, -0.1) is 0 Å². The molecule has 0 aliphatic rings. The summed E-state index contributed by atoms with van der Waals surface area (Å²) in [6.07, 6.45) is 1.65. The van der Waals surface area contributed by atoms with Crippen LogP contribution in [0.3, 0.4) is 0 Å². The van der Waals surface area contributed by atoms with E-state index < -0.39 is 10.0 Å². The van der Waals surface area contributed by atoms with Crippen molar-refractivity contribution in [3.8, 4) is 5.75 Å². The van der Waals surface area contributed by atoms with Crippen LogP contribution in [-0.2, 0) is 14.8 Å². The summed E-state index contributed by atoms with van der Waals surface area (Å²) in [7, 11) is -2.17. The second-order valence-corrected chi connectivity index (χ2v) is 6.57. The maximum absolute atomic E-state index is 12.3.